The number of hydrogen-bond donors (Lipinski definition) is 1. The molecule has 0 radical (unpaired) electrons. The number of hydrogen-bond acceptors (Lipinski definition) is 3. The van der Waals surface area contributed by atoms with Crippen molar-refractivity contribution >= 4 is 0 Å². The van der Waals surface area contributed by atoms with Gasteiger partial charge in [-0.15, -0.1) is 0 Å². The molecule has 2 rings (SSSR count). The SMILES string of the molecule is O=c1[nH]c(=O)n(COCc2ccccc2)cc1F. The van der Waals surface area contributed by atoms with E-state index in [0.717, 1.165) is 16.3 Å². The molecular formula is C12H11FN2O3. The van der Waals surface area contributed by atoms with Gasteiger partial charge in [0.2, 0.25) is 5.82 Å². The molecule has 0 aliphatic rings. The van der Waals surface area contributed by atoms with Crippen LogP contribution in [0.4, 0.5) is 4.39 Å². The third-order valence-electron chi connectivity index (χ3n) is 2.31. The maximum absolute atomic E-state index is 13.0. The fraction of sp³-hybridized carbons (Fsp3) is 0.167. The summed E-state index contributed by atoms with van der Waals surface area (Å²) in [5.41, 5.74) is -0.788. The fourth-order valence-electron chi connectivity index (χ4n) is 1.41. The van der Waals surface area contributed by atoms with Crippen molar-refractivity contribution in [1.29, 1.82) is 0 Å². The zero-order chi connectivity index (χ0) is 13.0. The minimum absolute atomic E-state index is 0.124. The summed E-state index contributed by atoms with van der Waals surface area (Å²) in [4.78, 5) is 24.0. The second-order valence-corrected chi connectivity index (χ2v) is 3.67. The third kappa shape index (κ3) is 2.92. The molecule has 0 bridgehead atoms. The Balaban J connectivity index is 2.01. The standard InChI is InChI=1S/C12H11FN2O3/c13-10-6-15(12(17)14-11(10)16)8-18-7-9-4-2-1-3-5-9/h1-6H,7-8H2,(H,14,16,17). The van der Waals surface area contributed by atoms with Crippen LogP contribution in [0.1, 0.15) is 5.56 Å². The van der Waals surface area contributed by atoms with E-state index in [2.05, 4.69) is 0 Å². The quantitative estimate of drug-likeness (QED) is 0.874. The van der Waals surface area contributed by atoms with Crippen LogP contribution in [0.5, 0.6) is 0 Å². The van der Waals surface area contributed by atoms with Gasteiger partial charge in [-0.2, -0.15) is 4.39 Å². The number of halogens is 1. The van der Waals surface area contributed by atoms with Crippen molar-refractivity contribution < 1.29 is 9.13 Å². The highest BCUT2D eigenvalue weighted by Gasteiger charge is 2.03. The van der Waals surface area contributed by atoms with Crippen LogP contribution in [0.2, 0.25) is 0 Å². The summed E-state index contributed by atoms with van der Waals surface area (Å²) < 4.78 is 19.2. The van der Waals surface area contributed by atoms with Gasteiger partial charge in [0, 0.05) is 0 Å². The Hall–Kier alpha value is -2.21. The van der Waals surface area contributed by atoms with E-state index in [0.29, 0.717) is 6.61 Å². The average molecular weight is 250 g/mol. The van der Waals surface area contributed by atoms with Crippen molar-refractivity contribution in [3.63, 3.8) is 0 Å². The molecule has 0 atom stereocenters. The summed E-state index contributed by atoms with van der Waals surface area (Å²) in [7, 11) is 0. The molecule has 1 aromatic carbocycles. The van der Waals surface area contributed by atoms with Gasteiger partial charge >= 0.3 is 5.69 Å². The lowest BCUT2D eigenvalue weighted by Crippen LogP contribution is -2.31. The first-order valence-corrected chi connectivity index (χ1v) is 5.28. The van der Waals surface area contributed by atoms with E-state index in [4.69, 9.17) is 4.74 Å². The fourth-order valence-corrected chi connectivity index (χ4v) is 1.41. The molecule has 18 heavy (non-hydrogen) atoms. The molecule has 0 aliphatic carbocycles. The highest BCUT2D eigenvalue weighted by Crippen LogP contribution is 2.00. The molecule has 5 nitrogen and oxygen atoms in total. The van der Waals surface area contributed by atoms with Crippen LogP contribution in [0, 0.1) is 5.82 Å². The number of nitrogens with one attached hydrogen (secondary N) is 1. The van der Waals surface area contributed by atoms with Gasteiger partial charge < -0.3 is 4.74 Å². The molecule has 94 valence electrons. The number of aromatic nitrogens is 2. The lowest BCUT2D eigenvalue weighted by atomic mass is 10.2. The molecule has 1 heterocycles. The second kappa shape index (κ2) is 5.42. The van der Waals surface area contributed by atoms with Crippen LogP contribution < -0.4 is 11.2 Å². The van der Waals surface area contributed by atoms with Crippen LogP contribution in [-0.4, -0.2) is 9.55 Å². The Kier molecular flexibility index (Phi) is 3.69. The number of nitrogens with zero attached hydrogens (tertiary/aromatic N) is 1. The zero-order valence-electron chi connectivity index (χ0n) is 9.43. The van der Waals surface area contributed by atoms with Crippen LogP contribution in [-0.2, 0) is 18.1 Å². The average Bonchev–Trinajstić information content (AvgIpc) is 2.37. The number of benzene rings is 1. The van der Waals surface area contributed by atoms with Crippen molar-refractivity contribution in [2.75, 3.05) is 0 Å². The largest absolute Gasteiger partial charge is 0.356 e. The van der Waals surface area contributed by atoms with E-state index in [1.54, 1.807) is 0 Å². The van der Waals surface area contributed by atoms with Gasteiger partial charge in [0.25, 0.3) is 5.56 Å². The molecule has 0 fully saturated rings. The maximum Gasteiger partial charge on any atom is 0.330 e. The monoisotopic (exact) mass is 250 g/mol. The molecular weight excluding hydrogens is 239 g/mol. The van der Waals surface area contributed by atoms with Crippen molar-refractivity contribution in [3.8, 4) is 0 Å². The van der Waals surface area contributed by atoms with Crippen LogP contribution in [0.15, 0.2) is 46.1 Å². The van der Waals surface area contributed by atoms with Gasteiger partial charge in [-0.05, 0) is 5.56 Å². The molecule has 0 saturated carbocycles. The Morgan fingerprint density at radius 2 is 1.94 bits per heavy atom. The normalized spacial score (nSPS) is 10.5. The van der Waals surface area contributed by atoms with Gasteiger partial charge in [0.1, 0.15) is 6.73 Å². The van der Waals surface area contributed by atoms with Gasteiger partial charge in [0.05, 0.1) is 12.8 Å². The Bertz CT molecular complexity index is 634. The third-order valence-corrected chi connectivity index (χ3v) is 2.31. The summed E-state index contributed by atoms with van der Waals surface area (Å²) in [6.45, 7) is 0.176. The molecule has 0 amide bonds. The molecule has 1 N–H and O–H groups in total. The Labute approximate surface area is 101 Å². The van der Waals surface area contributed by atoms with E-state index in [9.17, 15) is 14.0 Å². The topological polar surface area (TPSA) is 64.1 Å². The van der Waals surface area contributed by atoms with Crippen molar-refractivity contribution in [2.24, 2.45) is 0 Å². The van der Waals surface area contributed by atoms with Crippen molar-refractivity contribution in [1.82, 2.24) is 9.55 Å². The molecule has 0 saturated heterocycles. The minimum atomic E-state index is -1.03. The van der Waals surface area contributed by atoms with Gasteiger partial charge in [0.15, 0.2) is 0 Å². The van der Waals surface area contributed by atoms with E-state index in [1.807, 2.05) is 35.3 Å². The summed E-state index contributed by atoms with van der Waals surface area (Å²) in [6.07, 6.45) is 0.826. The smallest absolute Gasteiger partial charge is 0.330 e. The Morgan fingerprint density at radius 3 is 2.67 bits per heavy atom. The molecule has 0 aliphatic heterocycles. The predicted molar refractivity (Wildman–Crippen MR) is 62.5 cm³/mol. The lowest BCUT2D eigenvalue weighted by molar-refractivity contribution is 0.0600. The van der Waals surface area contributed by atoms with Crippen LogP contribution >= 0.6 is 0 Å². The highest BCUT2D eigenvalue weighted by molar-refractivity contribution is 5.13. The van der Waals surface area contributed by atoms with Gasteiger partial charge in [-0.3, -0.25) is 14.3 Å². The van der Waals surface area contributed by atoms with E-state index >= 15 is 0 Å². The summed E-state index contributed by atoms with van der Waals surface area (Å²) in [6, 6.07) is 9.35. The van der Waals surface area contributed by atoms with Gasteiger partial charge in [-0.1, -0.05) is 30.3 Å². The minimum Gasteiger partial charge on any atom is -0.356 e. The van der Waals surface area contributed by atoms with E-state index in [1.165, 1.54) is 0 Å². The Morgan fingerprint density at radius 1 is 1.22 bits per heavy atom. The molecule has 2 aromatic rings. The maximum atomic E-state index is 13.0. The molecule has 0 unspecified atom stereocenters. The highest BCUT2D eigenvalue weighted by atomic mass is 19.1. The van der Waals surface area contributed by atoms with Crippen LogP contribution in [0.25, 0.3) is 0 Å². The summed E-state index contributed by atoms with van der Waals surface area (Å²) >= 11 is 0. The van der Waals surface area contributed by atoms with Crippen molar-refractivity contribution in [3.05, 3.63) is 68.7 Å². The van der Waals surface area contributed by atoms with Gasteiger partial charge in [-0.25, -0.2) is 4.79 Å². The van der Waals surface area contributed by atoms with Crippen LogP contribution in [0.3, 0.4) is 0 Å². The molecule has 1 aromatic heterocycles. The van der Waals surface area contributed by atoms with Crippen molar-refractivity contribution in [2.45, 2.75) is 13.3 Å². The zero-order valence-corrected chi connectivity index (χ0v) is 9.43. The molecule has 6 heteroatoms. The number of H-pyrrole nitrogens is 1. The first kappa shape index (κ1) is 12.3. The molecule has 0 spiro atoms. The predicted octanol–water partition coefficient (Wildman–Crippen LogP) is 0.850. The first-order valence-electron chi connectivity index (χ1n) is 5.28. The number of rotatable bonds is 4. The second-order valence-electron chi connectivity index (χ2n) is 3.67. The first-order chi connectivity index (χ1) is 8.66. The number of ether oxygens (including phenoxy) is 1. The van der Waals surface area contributed by atoms with E-state index < -0.39 is 17.1 Å². The van der Waals surface area contributed by atoms with E-state index in [-0.39, 0.29) is 6.73 Å². The number of aromatic amines is 1. The summed E-state index contributed by atoms with van der Waals surface area (Å²) in [5, 5.41) is 0. The summed E-state index contributed by atoms with van der Waals surface area (Å²) in [5.74, 6) is -1.02. The lowest BCUT2D eigenvalue weighted by Gasteiger charge is -2.06.